The molecule has 33 heavy (non-hydrogen) atoms. The van der Waals surface area contributed by atoms with E-state index in [4.69, 9.17) is 0 Å². The zero-order chi connectivity index (χ0) is 23.0. The molecule has 2 aromatic carbocycles. The van der Waals surface area contributed by atoms with Crippen LogP contribution >= 0.6 is 0 Å². The molecule has 1 amide bonds. The quantitative estimate of drug-likeness (QED) is 0.285. The molecule has 0 saturated carbocycles. The van der Waals surface area contributed by atoms with Gasteiger partial charge in [-0.25, -0.2) is 10.4 Å². The van der Waals surface area contributed by atoms with Crippen LogP contribution in [0, 0.1) is 13.8 Å². The Morgan fingerprint density at radius 2 is 1.64 bits per heavy atom. The summed E-state index contributed by atoms with van der Waals surface area (Å²) in [7, 11) is 0. The van der Waals surface area contributed by atoms with Gasteiger partial charge in [0, 0.05) is 35.5 Å². The van der Waals surface area contributed by atoms with Crippen LogP contribution in [0.3, 0.4) is 0 Å². The van der Waals surface area contributed by atoms with Crippen molar-refractivity contribution in [2.45, 2.75) is 13.8 Å². The van der Waals surface area contributed by atoms with Crippen LogP contribution in [0.15, 0.2) is 84.4 Å². The summed E-state index contributed by atoms with van der Waals surface area (Å²) in [6.07, 6.45) is 6.46. The van der Waals surface area contributed by atoms with Gasteiger partial charge in [0.15, 0.2) is 0 Å². The normalized spacial score (nSPS) is 10.7. The van der Waals surface area contributed by atoms with E-state index in [1.807, 2.05) is 62.4 Å². The molecule has 164 valence electrons. The number of nitrogens with zero attached hydrogens (tertiary/aromatic N) is 4. The SMILES string of the molecule is Cc1cc(/C=N\NC(=O)c2ccncc2)cc(C)c1Nc1ccnc(Nc2ccccc2)n1. The van der Waals surface area contributed by atoms with Crippen molar-refractivity contribution >= 4 is 35.3 Å². The van der Waals surface area contributed by atoms with E-state index < -0.39 is 0 Å². The van der Waals surface area contributed by atoms with Crippen LogP contribution in [0.2, 0.25) is 0 Å². The van der Waals surface area contributed by atoms with Crippen LogP contribution in [0.5, 0.6) is 0 Å². The second-order valence-corrected chi connectivity index (χ2v) is 7.35. The standard InChI is InChI=1S/C25H23N7O/c1-17-14-19(16-28-32-24(33)20-8-11-26-12-9-20)15-18(2)23(17)30-22-10-13-27-25(31-22)29-21-6-4-3-5-7-21/h3-16H,1-2H3,(H,32,33)(H2,27,29,30,31)/b28-16-. The fourth-order valence-corrected chi connectivity index (χ4v) is 3.27. The number of hydrazone groups is 1. The highest BCUT2D eigenvalue weighted by Gasteiger charge is 2.08. The number of para-hydroxylation sites is 1. The van der Waals surface area contributed by atoms with E-state index in [1.165, 1.54) is 0 Å². The summed E-state index contributed by atoms with van der Waals surface area (Å²) < 4.78 is 0. The van der Waals surface area contributed by atoms with Crippen molar-refractivity contribution in [3.05, 3.63) is 102 Å². The Morgan fingerprint density at radius 1 is 0.909 bits per heavy atom. The largest absolute Gasteiger partial charge is 0.340 e. The molecule has 2 heterocycles. The number of benzene rings is 2. The number of carbonyl (C=O) groups excluding carboxylic acids is 1. The van der Waals surface area contributed by atoms with Gasteiger partial charge < -0.3 is 10.6 Å². The van der Waals surface area contributed by atoms with Crippen molar-refractivity contribution in [1.82, 2.24) is 20.4 Å². The predicted molar refractivity (Wildman–Crippen MR) is 130 cm³/mol. The van der Waals surface area contributed by atoms with E-state index in [2.05, 4.69) is 36.1 Å². The third-order valence-electron chi connectivity index (χ3n) is 4.82. The van der Waals surface area contributed by atoms with Crippen molar-refractivity contribution < 1.29 is 4.79 Å². The van der Waals surface area contributed by atoms with E-state index in [1.54, 1.807) is 36.9 Å². The molecule has 0 spiro atoms. The van der Waals surface area contributed by atoms with Gasteiger partial charge in [0.05, 0.1) is 6.21 Å². The lowest BCUT2D eigenvalue weighted by Gasteiger charge is -2.14. The number of aryl methyl sites for hydroxylation is 2. The van der Waals surface area contributed by atoms with Crippen LogP contribution in [0.1, 0.15) is 27.0 Å². The van der Waals surface area contributed by atoms with Crippen molar-refractivity contribution in [3.8, 4) is 0 Å². The molecule has 4 rings (SSSR count). The summed E-state index contributed by atoms with van der Waals surface area (Å²) >= 11 is 0. The van der Waals surface area contributed by atoms with Gasteiger partial charge in [0.1, 0.15) is 5.82 Å². The second kappa shape index (κ2) is 10.1. The van der Waals surface area contributed by atoms with E-state index >= 15 is 0 Å². The van der Waals surface area contributed by atoms with Gasteiger partial charge in [-0.1, -0.05) is 18.2 Å². The minimum atomic E-state index is -0.288. The van der Waals surface area contributed by atoms with E-state index in [9.17, 15) is 4.79 Å². The minimum Gasteiger partial charge on any atom is -0.340 e. The van der Waals surface area contributed by atoms with E-state index in [-0.39, 0.29) is 5.91 Å². The van der Waals surface area contributed by atoms with Crippen molar-refractivity contribution in [2.24, 2.45) is 5.10 Å². The Kier molecular flexibility index (Phi) is 6.65. The summed E-state index contributed by atoms with van der Waals surface area (Å²) in [5, 5.41) is 10.6. The number of hydrogen-bond donors (Lipinski definition) is 3. The highest BCUT2D eigenvalue weighted by Crippen LogP contribution is 2.25. The summed E-state index contributed by atoms with van der Waals surface area (Å²) in [5.41, 5.74) is 7.82. The van der Waals surface area contributed by atoms with Crippen LogP contribution < -0.4 is 16.1 Å². The molecule has 0 radical (unpaired) electrons. The van der Waals surface area contributed by atoms with Crippen molar-refractivity contribution in [2.75, 3.05) is 10.6 Å². The molecule has 0 fully saturated rings. The second-order valence-electron chi connectivity index (χ2n) is 7.35. The maximum atomic E-state index is 12.1. The molecule has 0 aliphatic rings. The smallest absolute Gasteiger partial charge is 0.271 e. The lowest BCUT2D eigenvalue weighted by Crippen LogP contribution is -2.17. The summed E-state index contributed by atoms with van der Waals surface area (Å²) in [6, 6.07) is 18.8. The average molecular weight is 438 g/mol. The predicted octanol–water partition coefficient (Wildman–Crippen LogP) is 4.74. The van der Waals surface area contributed by atoms with Crippen molar-refractivity contribution in [1.29, 1.82) is 0 Å². The molecule has 0 aliphatic carbocycles. The molecule has 0 atom stereocenters. The molecule has 8 nitrogen and oxygen atoms in total. The summed E-state index contributed by atoms with van der Waals surface area (Å²) in [6.45, 7) is 4.01. The Labute approximate surface area is 191 Å². The molecule has 3 N–H and O–H groups in total. The third-order valence-corrected chi connectivity index (χ3v) is 4.82. The van der Waals surface area contributed by atoms with Gasteiger partial charge in [-0.2, -0.15) is 10.1 Å². The third kappa shape index (κ3) is 5.76. The first-order valence-electron chi connectivity index (χ1n) is 10.4. The number of anilines is 4. The number of aromatic nitrogens is 3. The van der Waals surface area contributed by atoms with Gasteiger partial charge in [-0.3, -0.25) is 9.78 Å². The fraction of sp³-hybridized carbons (Fsp3) is 0.0800. The van der Waals surface area contributed by atoms with Crippen LogP contribution in [0.25, 0.3) is 0 Å². The van der Waals surface area contributed by atoms with Crippen LogP contribution in [-0.2, 0) is 0 Å². The number of nitrogens with one attached hydrogen (secondary N) is 3. The molecule has 0 saturated heterocycles. The number of hydrogen-bond acceptors (Lipinski definition) is 7. The molecule has 0 unspecified atom stereocenters. The topological polar surface area (TPSA) is 104 Å². The molecular formula is C25H23N7O. The lowest BCUT2D eigenvalue weighted by molar-refractivity contribution is 0.0955. The van der Waals surface area contributed by atoms with Gasteiger partial charge >= 0.3 is 0 Å². The maximum absolute atomic E-state index is 12.1. The Hall–Kier alpha value is -4.59. The average Bonchev–Trinajstić information content (AvgIpc) is 2.83. The first-order chi connectivity index (χ1) is 16.1. The molecule has 2 aromatic heterocycles. The Morgan fingerprint density at radius 3 is 2.36 bits per heavy atom. The molecular weight excluding hydrogens is 414 g/mol. The number of pyridine rings is 1. The Bertz CT molecular complexity index is 1250. The van der Waals surface area contributed by atoms with Crippen LogP contribution in [0.4, 0.5) is 23.1 Å². The van der Waals surface area contributed by atoms with Gasteiger partial charge in [-0.05, 0) is 73.0 Å². The van der Waals surface area contributed by atoms with E-state index in [0.717, 1.165) is 28.1 Å². The fourth-order valence-electron chi connectivity index (χ4n) is 3.27. The molecule has 4 aromatic rings. The van der Waals surface area contributed by atoms with Gasteiger partial charge in [0.2, 0.25) is 5.95 Å². The highest BCUT2D eigenvalue weighted by atomic mass is 16.2. The molecule has 0 bridgehead atoms. The maximum Gasteiger partial charge on any atom is 0.271 e. The van der Waals surface area contributed by atoms with Gasteiger partial charge in [0.25, 0.3) is 5.91 Å². The summed E-state index contributed by atoms with van der Waals surface area (Å²) in [5.74, 6) is 0.903. The zero-order valence-electron chi connectivity index (χ0n) is 18.3. The molecule has 0 aliphatic heterocycles. The first-order valence-corrected chi connectivity index (χ1v) is 10.4. The van der Waals surface area contributed by atoms with Crippen LogP contribution in [-0.4, -0.2) is 27.1 Å². The number of amides is 1. The Balaban J connectivity index is 1.44. The van der Waals surface area contributed by atoms with Crippen molar-refractivity contribution in [3.63, 3.8) is 0 Å². The number of carbonyl (C=O) groups is 1. The monoisotopic (exact) mass is 437 g/mol. The number of rotatable bonds is 7. The molecule has 8 heteroatoms. The highest BCUT2D eigenvalue weighted by molar-refractivity contribution is 5.94. The lowest BCUT2D eigenvalue weighted by atomic mass is 10.0. The first kappa shape index (κ1) is 21.6. The van der Waals surface area contributed by atoms with Gasteiger partial charge in [-0.15, -0.1) is 0 Å². The minimum absolute atomic E-state index is 0.288. The zero-order valence-corrected chi connectivity index (χ0v) is 18.3. The summed E-state index contributed by atoms with van der Waals surface area (Å²) in [4.78, 5) is 24.8. The van der Waals surface area contributed by atoms with E-state index in [0.29, 0.717) is 17.3 Å².